The minimum atomic E-state index is -0.0617. The van der Waals surface area contributed by atoms with Crippen molar-refractivity contribution < 1.29 is 0 Å². The van der Waals surface area contributed by atoms with Crippen LogP contribution < -0.4 is 11.3 Å². The highest BCUT2D eigenvalue weighted by Crippen LogP contribution is 2.17. The zero-order valence-corrected chi connectivity index (χ0v) is 11.7. The highest BCUT2D eigenvalue weighted by molar-refractivity contribution is 5.77. The fraction of sp³-hybridized carbons (Fsp3) is 0.176. The van der Waals surface area contributed by atoms with Crippen LogP contribution in [0.1, 0.15) is 6.42 Å². The second-order valence-electron chi connectivity index (χ2n) is 4.91. The molecule has 0 amide bonds. The van der Waals surface area contributed by atoms with Gasteiger partial charge in [-0.3, -0.25) is 4.79 Å². The number of fused-ring (bicyclic) bond motifs is 1. The lowest BCUT2D eigenvalue weighted by molar-refractivity contribution is 0.648. The number of nitrogens with zero attached hydrogens (tertiary/aromatic N) is 2. The van der Waals surface area contributed by atoms with Gasteiger partial charge in [-0.25, -0.2) is 4.98 Å². The summed E-state index contributed by atoms with van der Waals surface area (Å²) in [5, 5.41) is 0. The molecule has 0 atom stereocenters. The van der Waals surface area contributed by atoms with Crippen molar-refractivity contribution in [3.05, 3.63) is 65.0 Å². The average molecular weight is 279 g/mol. The van der Waals surface area contributed by atoms with E-state index in [0.29, 0.717) is 18.8 Å². The van der Waals surface area contributed by atoms with Gasteiger partial charge < -0.3 is 10.3 Å². The number of benzene rings is 2. The quantitative estimate of drug-likeness (QED) is 0.797. The van der Waals surface area contributed by atoms with Gasteiger partial charge in [0.1, 0.15) is 5.69 Å². The summed E-state index contributed by atoms with van der Waals surface area (Å²) in [7, 11) is 0. The lowest BCUT2D eigenvalue weighted by Crippen LogP contribution is -2.24. The number of para-hydroxylation sites is 2. The number of hydrogen-bond donors (Lipinski definition) is 1. The Hall–Kier alpha value is -2.46. The Morgan fingerprint density at radius 2 is 1.71 bits per heavy atom. The van der Waals surface area contributed by atoms with Gasteiger partial charge in [0.2, 0.25) is 0 Å². The second-order valence-corrected chi connectivity index (χ2v) is 4.91. The van der Waals surface area contributed by atoms with Crippen LogP contribution in [0.5, 0.6) is 0 Å². The Bertz CT molecular complexity index is 809. The molecule has 0 bridgehead atoms. The Morgan fingerprint density at radius 1 is 1.00 bits per heavy atom. The third kappa shape index (κ3) is 2.58. The van der Waals surface area contributed by atoms with Crippen LogP contribution in [0, 0.1) is 0 Å². The fourth-order valence-corrected chi connectivity index (χ4v) is 2.45. The van der Waals surface area contributed by atoms with Gasteiger partial charge in [0, 0.05) is 12.1 Å². The molecule has 0 unspecified atom stereocenters. The second kappa shape index (κ2) is 5.89. The average Bonchev–Trinajstić information content (AvgIpc) is 2.54. The van der Waals surface area contributed by atoms with Crippen molar-refractivity contribution in [3.8, 4) is 11.3 Å². The van der Waals surface area contributed by atoms with E-state index >= 15 is 0 Å². The lowest BCUT2D eigenvalue weighted by atomic mass is 10.1. The van der Waals surface area contributed by atoms with Crippen LogP contribution in [0.2, 0.25) is 0 Å². The van der Waals surface area contributed by atoms with E-state index in [4.69, 9.17) is 5.73 Å². The third-order valence-corrected chi connectivity index (χ3v) is 3.49. The van der Waals surface area contributed by atoms with Crippen molar-refractivity contribution in [2.24, 2.45) is 5.73 Å². The first-order valence-corrected chi connectivity index (χ1v) is 7.06. The summed E-state index contributed by atoms with van der Waals surface area (Å²) < 4.78 is 1.78. The molecule has 0 fully saturated rings. The minimum absolute atomic E-state index is 0.0617. The van der Waals surface area contributed by atoms with E-state index in [1.54, 1.807) is 4.57 Å². The number of hydrogen-bond acceptors (Lipinski definition) is 3. The van der Waals surface area contributed by atoms with Crippen molar-refractivity contribution in [2.45, 2.75) is 13.0 Å². The van der Waals surface area contributed by atoms with Crippen molar-refractivity contribution >= 4 is 11.0 Å². The van der Waals surface area contributed by atoms with Crippen molar-refractivity contribution in [1.29, 1.82) is 0 Å². The zero-order chi connectivity index (χ0) is 14.7. The van der Waals surface area contributed by atoms with Gasteiger partial charge in [-0.15, -0.1) is 0 Å². The summed E-state index contributed by atoms with van der Waals surface area (Å²) in [6.45, 7) is 1.17. The number of rotatable bonds is 4. The van der Waals surface area contributed by atoms with Crippen LogP contribution in [0.25, 0.3) is 22.3 Å². The first-order valence-electron chi connectivity index (χ1n) is 7.06. The molecule has 1 heterocycles. The molecular weight excluding hydrogens is 262 g/mol. The Morgan fingerprint density at radius 3 is 2.48 bits per heavy atom. The Labute approximate surface area is 122 Å². The normalized spacial score (nSPS) is 10.9. The summed E-state index contributed by atoms with van der Waals surface area (Å²) in [6.07, 6.45) is 0.766. The summed E-state index contributed by atoms with van der Waals surface area (Å²) in [4.78, 5) is 17.3. The smallest absolute Gasteiger partial charge is 0.277 e. The molecule has 1 aromatic heterocycles. The fourth-order valence-electron chi connectivity index (χ4n) is 2.45. The molecular formula is C17H17N3O. The number of aryl methyl sites for hydroxylation is 1. The molecule has 0 radical (unpaired) electrons. The summed E-state index contributed by atoms with van der Waals surface area (Å²) in [5.41, 5.74) is 8.55. The predicted molar refractivity (Wildman–Crippen MR) is 85.1 cm³/mol. The molecule has 21 heavy (non-hydrogen) atoms. The predicted octanol–water partition coefficient (Wildman–Crippen LogP) is 2.41. The van der Waals surface area contributed by atoms with Crippen LogP contribution in [-0.2, 0) is 6.54 Å². The topological polar surface area (TPSA) is 60.9 Å². The van der Waals surface area contributed by atoms with E-state index in [9.17, 15) is 4.79 Å². The van der Waals surface area contributed by atoms with E-state index in [1.807, 2.05) is 54.6 Å². The van der Waals surface area contributed by atoms with Gasteiger partial charge in [0.25, 0.3) is 5.56 Å². The Kier molecular flexibility index (Phi) is 3.79. The molecule has 0 saturated heterocycles. The molecule has 0 aliphatic carbocycles. The highest BCUT2D eigenvalue weighted by Gasteiger charge is 2.11. The lowest BCUT2D eigenvalue weighted by Gasteiger charge is -2.11. The SMILES string of the molecule is NCCCn1c(=O)c(-c2ccccc2)nc2ccccc21. The Balaban J connectivity index is 2.27. The van der Waals surface area contributed by atoms with E-state index in [0.717, 1.165) is 23.0 Å². The standard InChI is InChI=1S/C17H17N3O/c18-11-6-12-20-15-10-5-4-9-14(15)19-16(17(20)21)13-7-2-1-3-8-13/h1-5,7-10H,6,11-12,18H2. The molecule has 0 aliphatic heterocycles. The maximum atomic E-state index is 12.7. The number of nitrogens with two attached hydrogens (primary N) is 1. The molecule has 3 rings (SSSR count). The maximum absolute atomic E-state index is 12.7. The molecule has 0 spiro atoms. The summed E-state index contributed by atoms with van der Waals surface area (Å²) in [6, 6.07) is 17.3. The molecule has 106 valence electrons. The van der Waals surface area contributed by atoms with Crippen molar-refractivity contribution in [3.63, 3.8) is 0 Å². The van der Waals surface area contributed by atoms with Gasteiger partial charge >= 0.3 is 0 Å². The molecule has 4 heteroatoms. The van der Waals surface area contributed by atoms with Crippen LogP contribution in [-0.4, -0.2) is 16.1 Å². The highest BCUT2D eigenvalue weighted by atomic mass is 16.1. The molecule has 2 aromatic carbocycles. The first kappa shape index (κ1) is 13.5. The van der Waals surface area contributed by atoms with E-state index < -0.39 is 0 Å². The first-order chi connectivity index (χ1) is 10.3. The van der Waals surface area contributed by atoms with Gasteiger partial charge in [-0.05, 0) is 25.1 Å². The van der Waals surface area contributed by atoms with Crippen LogP contribution >= 0.6 is 0 Å². The minimum Gasteiger partial charge on any atom is -0.330 e. The van der Waals surface area contributed by atoms with Crippen LogP contribution in [0.15, 0.2) is 59.4 Å². The molecule has 2 N–H and O–H groups in total. The third-order valence-electron chi connectivity index (χ3n) is 3.49. The van der Waals surface area contributed by atoms with E-state index in [2.05, 4.69) is 4.98 Å². The van der Waals surface area contributed by atoms with E-state index in [1.165, 1.54) is 0 Å². The molecule has 0 saturated carbocycles. The number of aromatic nitrogens is 2. The van der Waals surface area contributed by atoms with Crippen LogP contribution in [0.4, 0.5) is 0 Å². The van der Waals surface area contributed by atoms with Crippen molar-refractivity contribution in [2.75, 3.05) is 6.54 Å². The monoisotopic (exact) mass is 279 g/mol. The van der Waals surface area contributed by atoms with Gasteiger partial charge in [-0.1, -0.05) is 42.5 Å². The molecule has 3 aromatic rings. The van der Waals surface area contributed by atoms with Crippen LogP contribution in [0.3, 0.4) is 0 Å². The van der Waals surface area contributed by atoms with Gasteiger partial charge in [0.15, 0.2) is 0 Å². The maximum Gasteiger partial charge on any atom is 0.277 e. The summed E-state index contributed by atoms with van der Waals surface area (Å²) in [5.74, 6) is 0. The zero-order valence-electron chi connectivity index (χ0n) is 11.7. The van der Waals surface area contributed by atoms with Gasteiger partial charge in [-0.2, -0.15) is 0 Å². The largest absolute Gasteiger partial charge is 0.330 e. The van der Waals surface area contributed by atoms with Gasteiger partial charge in [0.05, 0.1) is 11.0 Å². The molecule has 4 nitrogen and oxygen atoms in total. The summed E-state index contributed by atoms with van der Waals surface area (Å²) >= 11 is 0. The molecule has 0 aliphatic rings. The van der Waals surface area contributed by atoms with E-state index in [-0.39, 0.29) is 5.56 Å². The van der Waals surface area contributed by atoms with Crippen molar-refractivity contribution in [1.82, 2.24) is 9.55 Å².